The Morgan fingerprint density at radius 1 is 0.654 bits per heavy atom. The zero-order valence-corrected chi connectivity index (χ0v) is 16.9. The minimum absolute atomic E-state index is 0.00511. The van der Waals surface area contributed by atoms with E-state index in [9.17, 15) is 19.2 Å². The van der Waals surface area contributed by atoms with Crippen molar-refractivity contribution in [3.8, 4) is 0 Å². The van der Waals surface area contributed by atoms with E-state index in [1.807, 2.05) is 16.7 Å². The SMILES string of the molecule is CC=O.CCN(CC(C)=O)CN(CC(C)=O)CN(CC(C)=O)CC(C)=O. The van der Waals surface area contributed by atoms with E-state index in [-0.39, 0.29) is 42.8 Å². The fourth-order valence-electron chi connectivity index (χ4n) is 2.39. The largest absolute Gasteiger partial charge is 0.304 e. The number of hydrogen-bond donors (Lipinski definition) is 0. The van der Waals surface area contributed by atoms with E-state index in [0.717, 1.165) is 6.29 Å². The first-order chi connectivity index (χ1) is 12.0. The summed E-state index contributed by atoms with van der Waals surface area (Å²) in [4.78, 5) is 59.8. The molecule has 8 heteroatoms. The molecule has 0 aliphatic heterocycles. The molecule has 0 aliphatic carbocycles. The molecule has 0 rings (SSSR count). The normalized spacial score (nSPS) is 10.5. The summed E-state index contributed by atoms with van der Waals surface area (Å²) in [5, 5.41) is 0. The van der Waals surface area contributed by atoms with Gasteiger partial charge in [-0.05, 0) is 41.2 Å². The Bertz CT molecular complexity index is 463. The molecule has 0 bridgehead atoms. The van der Waals surface area contributed by atoms with Gasteiger partial charge in [-0.2, -0.15) is 0 Å². The van der Waals surface area contributed by atoms with Crippen LogP contribution in [-0.2, 0) is 24.0 Å². The molecule has 0 aromatic carbocycles. The van der Waals surface area contributed by atoms with Gasteiger partial charge in [-0.15, -0.1) is 0 Å². The van der Waals surface area contributed by atoms with Gasteiger partial charge in [-0.1, -0.05) is 6.92 Å². The van der Waals surface area contributed by atoms with E-state index in [1.54, 1.807) is 4.90 Å². The van der Waals surface area contributed by atoms with E-state index in [2.05, 4.69) is 0 Å². The summed E-state index contributed by atoms with van der Waals surface area (Å²) in [7, 11) is 0. The second-order valence-corrected chi connectivity index (χ2v) is 6.29. The van der Waals surface area contributed by atoms with Crippen molar-refractivity contribution >= 4 is 29.4 Å². The molecule has 0 N–H and O–H groups in total. The molecule has 0 atom stereocenters. The quantitative estimate of drug-likeness (QED) is 0.339. The van der Waals surface area contributed by atoms with Crippen LogP contribution < -0.4 is 0 Å². The molecule has 150 valence electrons. The lowest BCUT2D eigenvalue weighted by Crippen LogP contribution is -2.48. The Kier molecular flexibility index (Phi) is 15.8. The summed E-state index contributed by atoms with van der Waals surface area (Å²) in [6.07, 6.45) is 0.750. The van der Waals surface area contributed by atoms with E-state index in [1.165, 1.54) is 34.6 Å². The molecular formula is C18H33N3O5. The summed E-state index contributed by atoms with van der Waals surface area (Å²) in [6, 6.07) is 0. The van der Waals surface area contributed by atoms with Crippen molar-refractivity contribution in [2.75, 3.05) is 46.1 Å². The van der Waals surface area contributed by atoms with Gasteiger partial charge in [-0.3, -0.25) is 33.9 Å². The van der Waals surface area contributed by atoms with Gasteiger partial charge >= 0.3 is 0 Å². The molecule has 0 unspecified atom stereocenters. The molecule has 0 aromatic rings. The van der Waals surface area contributed by atoms with Crippen molar-refractivity contribution in [1.82, 2.24) is 14.7 Å². The summed E-state index contributed by atoms with van der Waals surface area (Å²) in [6.45, 7) is 11.6. The van der Waals surface area contributed by atoms with Gasteiger partial charge < -0.3 is 4.79 Å². The van der Waals surface area contributed by atoms with Crippen LogP contribution in [0.2, 0.25) is 0 Å². The number of nitrogens with zero attached hydrogens (tertiary/aromatic N) is 3. The molecule has 0 heterocycles. The van der Waals surface area contributed by atoms with Gasteiger partial charge in [0.1, 0.15) is 29.4 Å². The highest BCUT2D eigenvalue weighted by molar-refractivity contribution is 5.81. The zero-order valence-electron chi connectivity index (χ0n) is 16.9. The van der Waals surface area contributed by atoms with E-state index in [4.69, 9.17) is 4.79 Å². The lowest BCUT2D eigenvalue weighted by molar-refractivity contribution is -0.122. The average Bonchev–Trinajstić information content (AvgIpc) is 2.44. The number of carbonyl (C=O) groups excluding carboxylic acids is 5. The number of carbonyl (C=O) groups is 5. The summed E-state index contributed by atoms with van der Waals surface area (Å²) in [5.74, 6) is -0.0244. The summed E-state index contributed by atoms with van der Waals surface area (Å²) < 4.78 is 0. The fourth-order valence-corrected chi connectivity index (χ4v) is 2.39. The molecule has 0 aliphatic rings. The van der Waals surface area contributed by atoms with Gasteiger partial charge in [0.05, 0.1) is 39.5 Å². The predicted octanol–water partition coefficient (Wildman–Crippen LogP) is 0.389. The van der Waals surface area contributed by atoms with Crippen LogP contribution in [0.25, 0.3) is 0 Å². The maximum atomic E-state index is 11.5. The van der Waals surface area contributed by atoms with Crippen molar-refractivity contribution in [3.05, 3.63) is 0 Å². The summed E-state index contributed by atoms with van der Waals surface area (Å²) >= 11 is 0. The smallest absolute Gasteiger partial charge is 0.143 e. The zero-order chi connectivity index (χ0) is 20.7. The van der Waals surface area contributed by atoms with Gasteiger partial charge in [0.25, 0.3) is 0 Å². The Hall–Kier alpha value is -1.77. The third-order valence-electron chi connectivity index (χ3n) is 3.03. The van der Waals surface area contributed by atoms with Crippen LogP contribution in [0.3, 0.4) is 0 Å². The molecular weight excluding hydrogens is 338 g/mol. The second-order valence-electron chi connectivity index (χ2n) is 6.29. The van der Waals surface area contributed by atoms with Gasteiger partial charge in [0, 0.05) is 0 Å². The number of likely N-dealkylation sites (N-methyl/N-ethyl adjacent to an activating group) is 1. The third-order valence-corrected chi connectivity index (χ3v) is 3.03. The number of hydrogen-bond acceptors (Lipinski definition) is 8. The molecule has 0 amide bonds. The number of Topliss-reactive ketones (excluding diaryl/α,β-unsaturated/α-hetero) is 4. The molecule has 0 aromatic heterocycles. The van der Waals surface area contributed by atoms with Crippen LogP contribution in [0.15, 0.2) is 0 Å². The summed E-state index contributed by atoms with van der Waals surface area (Å²) in [5.41, 5.74) is 0. The van der Waals surface area contributed by atoms with Crippen LogP contribution in [0, 0.1) is 0 Å². The highest BCUT2D eigenvalue weighted by Gasteiger charge is 2.18. The van der Waals surface area contributed by atoms with Crippen molar-refractivity contribution in [2.45, 2.75) is 41.5 Å². The van der Waals surface area contributed by atoms with Crippen LogP contribution in [-0.4, -0.2) is 90.2 Å². The molecule has 0 fully saturated rings. The van der Waals surface area contributed by atoms with Gasteiger partial charge in [0.15, 0.2) is 0 Å². The lowest BCUT2D eigenvalue weighted by atomic mass is 10.3. The first kappa shape index (κ1) is 26.5. The Morgan fingerprint density at radius 2 is 0.923 bits per heavy atom. The molecule has 0 saturated carbocycles. The standard InChI is InChI=1S/C16H29N3O4.C2H4O/c1-6-17(7-13(2)20)11-19(10-16(5)23)12-18(8-14(3)21)9-15(4)22;1-2-3/h6-12H2,1-5H3;2H,1H3. The Labute approximate surface area is 156 Å². The maximum Gasteiger partial charge on any atom is 0.143 e. The Morgan fingerprint density at radius 3 is 1.23 bits per heavy atom. The van der Waals surface area contributed by atoms with Crippen molar-refractivity contribution in [1.29, 1.82) is 0 Å². The predicted molar refractivity (Wildman–Crippen MR) is 99.7 cm³/mol. The van der Waals surface area contributed by atoms with Crippen molar-refractivity contribution in [3.63, 3.8) is 0 Å². The first-order valence-electron chi connectivity index (χ1n) is 8.60. The third kappa shape index (κ3) is 17.1. The van der Waals surface area contributed by atoms with E-state index >= 15 is 0 Å². The van der Waals surface area contributed by atoms with Crippen LogP contribution in [0.4, 0.5) is 0 Å². The minimum Gasteiger partial charge on any atom is -0.304 e. The molecule has 8 nitrogen and oxygen atoms in total. The van der Waals surface area contributed by atoms with Gasteiger partial charge in [-0.25, -0.2) is 0 Å². The highest BCUT2D eigenvalue weighted by Crippen LogP contribution is 2.00. The molecule has 0 saturated heterocycles. The number of aldehydes is 1. The second kappa shape index (κ2) is 15.5. The highest BCUT2D eigenvalue weighted by atomic mass is 16.1. The topological polar surface area (TPSA) is 95.1 Å². The number of rotatable bonds is 13. The maximum absolute atomic E-state index is 11.5. The monoisotopic (exact) mass is 371 g/mol. The van der Waals surface area contributed by atoms with Gasteiger partial charge in [0.2, 0.25) is 0 Å². The molecule has 0 radical (unpaired) electrons. The van der Waals surface area contributed by atoms with Crippen LogP contribution in [0.1, 0.15) is 41.5 Å². The van der Waals surface area contributed by atoms with Crippen molar-refractivity contribution in [2.24, 2.45) is 0 Å². The lowest BCUT2D eigenvalue weighted by Gasteiger charge is -2.32. The molecule has 0 spiro atoms. The Balaban J connectivity index is 0. The van der Waals surface area contributed by atoms with E-state index < -0.39 is 0 Å². The average molecular weight is 371 g/mol. The minimum atomic E-state index is -0.0369. The molecule has 26 heavy (non-hydrogen) atoms. The van der Waals surface area contributed by atoms with E-state index in [0.29, 0.717) is 26.4 Å². The number of ketones is 4. The fraction of sp³-hybridized carbons (Fsp3) is 0.722. The van der Waals surface area contributed by atoms with Crippen molar-refractivity contribution < 1.29 is 24.0 Å². The van der Waals surface area contributed by atoms with Crippen LogP contribution in [0.5, 0.6) is 0 Å². The van der Waals surface area contributed by atoms with Crippen LogP contribution >= 0.6 is 0 Å². The first-order valence-corrected chi connectivity index (χ1v) is 8.60.